The van der Waals surface area contributed by atoms with Crippen molar-refractivity contribution in [3.8, 4) is 0 Å². The third-order valence-corrected chi connectivity index (χ3v) is 10.9. The second kappa shape index (κ2) is 14.5. The van der Waals surface area contributed by atoms with Crippen LogP contribution in [0.5, 0.6) is 0 Å². The van der Waals surface area contributed by atoms with Crippen LogP contribution in [-0.4, -0.2) is 98.6 Å². The number of aryl methyl sites for hydroxylation is 1. The zero-order valence-electron chi connectivity index (χ0n) is 29.9. The van der Waals surface area contributed by atoms with Crippen molar-refractivity contribution in [2.24, 2.45) is 0 Å². The van der Waals surface area contributed by atoms with E-state index in [1.54, 1.807) is 24.4 Å². The normalized spacial score (nSPS) is 21.8. The molecule has 2 saturated heterocycles. The first-order chi connectivity index (χ1) is 26.1. The average molecular weight is 732 g/mol. The lowest BCUT2D eigenvalue weighted by atomic mass is 9.85. The summed E-state index contributed by atoms with van der Waals surface area (Å²) in [5.74, 6) is -2.30. The quantitative estimate of drug-likeness (QED) is 0.184. The fourth-order valence-electron chi connectivity index (χ4n) is 7.81. The van der Waals surface area contributed by atoms with Crippen molar-refractivity contribution in [1.29, 1.82) is 0 Å². The lowest BCUT2D eigenvalue weighted by molar-refractivity contribution is -0.143. The standard InChI is InChI=1S/C39H41N9O6/c1-2-23-15-31-32(44-36(23)51)14-22(19-40-31)21-46-10-12-47(13-11-46)26-6-7-30(41-20-26)37(52)43-25-16-24(17-25)42-29-5-3-4-27-28(29)18-35(50)48(39(27)54)33-8-9-34(49)45-38(33)53/h3-7,14-15,19-20,24-25,33,42H,2,8-13,16-18,21H2,1H3,(H,43,52)(H,44,51)(H,45,49,53)/t24?,25?,33-/m0/s1. The summed E-state index contributed by atoms with van der Waals surface area (Å²) < 4.78 is 0. The number of nitrogens with zero attached hydrogens (tertiary/aromatic N) is 5. The minimum atomic E-state index is -0.999. The van der Waals surface area contributed by atoms with Crippen LogP contribution in [0.25, 0.3) is 11.0 Å². The van der Waals surface area contributed by atoms with Gasteiger partial charge in [0.25, 0.3) is 17.4 Å². The zero-order chi connectivity index (χ0) is 37.5. The first kappa shape index (κ1) is 35.1. The van der Waals surface area contributed by atoms with Gasteiger partial charge in [0.1, 0.15) is 11.7 Å². The van der Waals surface area contributed by atoms with Gasteiger partial charge in [-0.2, -0.15) is 0 Å². The van der Waals surface area contributed by atoms with Gasteiger partial charge in [-0.05, 0) is 73.2 Å². The number of imide groups is 2. The van der Waals surface area contributed by atoms with Crippen LogP contribution in [0.4, 0.5) is 11.4 Å². The number of amides is 5. The Morgan fingerprint density at radius 3 is 2.50 bits per heavy atom. The van der Waals surface area contributed by atoms with E-state index in [0.717, 1.165) is 65.5 Å². The molecule has 1 aromatic carbocycles. The maximum atomic E-state index is 13.4. The van der Waals surface area contributed by atoms with Crippen LogP contribution in [0, 0.1) is 0 Å². The molecule has 5 amide bonds. The molecule has 3 fully saturated rings. The lowest BCUT2D eigenvalue weighted by Gasteiger charge is -2.38. The van der Waals surface area contributed by atoms with Crippen molar-refractivity contribution < 1.29 is 24.0 Å². The monoisotopic (exact) mass is 731 g/mol. The molecular weight excluding hydrogens is 690 g/mol. The number of carbonyl (C=O) groups excluding carboxylic acids is 5. The number of piperidine rings is 1. The summed E-state index contributed by atoms with van der Waals surface area (Å²) in [5.41, 5.74) is 6.19. The summed E-state index contributed by atoms with van der Waals surface area (Å²) in [6, 6.07) is 11.7. The van der Waals surface area contributed by atoms with E-state index in [4.69, 9.17) is 0 Å². The van der Waals surface area contributed by atoms with E-state index in [1.807, 2.05) is 37.4 Å². The second-order valence-corrected chi connectivity index (χ2v) is 14.4. The molecule has 0 radical (unpaired) electrons. The van der Waals surface area contributed by atoms with Crippen LogP contribution in [0.1, 0.15) is 70.1 Å². The van der Waals surface area contributed by atoms with Gasteiger partial charge in [0.2, 0.25) is 17.7 Å². The first-order valence-corrected chi connectivity index (χ1v) is 18.5. The number of fused-ring (bicyclic) bond motifs is 2. The van der Waals surface area contributed by atoms with Crippen molar-refractivity contribution in [2.75, 3.05) is 36.4 Å². The molecule has 278 valence electrons. The summed E-state index contributed by atoms with van der Waals surface area (Å²) in [4.78, 5) is 93.4. The molecule has 1 atom stereocenters. The number of carbonyl (C=O) groups is 5. The number of hydrogen-bond donors (Lipinski definition) is 4. The molecule has 1 saturated carbocycles. The molecule has 8 rings (SSSR count). The fourth-order valence-corrected chi connectivity index (χ4v) is 7.81. The Morgan fingerprint density at radius 2 is 1.76 bits per heavy atom. The zero-order valence-corrected chi connectivity index (χ0v) is 29.9. The van der Waals surface area contributed by atoms with Crippen molar-refractivity contribution in [2.45, 2.75) is 70.1 Å². The minimum Gasteiger partial charge on any atom is -0.382 e. The highest BCUT2D eigenvalue weighted by Crippen LogP contribution is 2.32. The molecule has 3 aliphatic heterocycles. The number of aromatic nitrogens is 3. The molecule has 1 aliphatic carbocycles. The van der Waals surface area contributed by atoms with Crippen molar-refractivity contribution >= 4 is 51.9 Å². The highest BCUT2D eigenvalue weighted by atomic mass is 16.2. The largest absolute Gasteiger partial charge is 0.382 e. The van der Waals surface area contributed by atoms with Crippen LogP contribution in [-0.2, 0) is 33.8 Å². The molecule has 4 aliphatic rings. The highest BCUT2D eigenvalue weighted by Gasteiger charge is 2.42. The third-order valence-electron chi connectivity index (χ3n) is 10.9. The molecule has 4 aromatic rings. The van der Waals surface area contributed by atoms with Gasteiger partial charge in [0.15, 0.2) is 0 Å². The highest BCUT2D eigenvalue weighted by molar-refractivity contribution is 6.14. The summed E-state index contributed by atoms with van der Waals surface area (Å²) in [7, 11) is 0. The van der Waals surface area contributed by atoms with Gasteiger partial charge in [-0.15, -0.1) is 0 Å². The van der Waals surface area contributed by atoms with Gasteiger partial charge in [-0.25, -0.2) is 4.98 Å². The van der Waals surface area contributed by atoms with Gasteiger partial charge in [-0.1, -0.05) is 13.0 Å². The van der Waals surface area contributed by atoms with Gasteiger partial charge in [-0.3, -0.25) is 48.9 Å². The first-order valence-electron chi connectivity index (χ1n) is 18.5. The molecule has 6 heterocycles. The van der Waals surface area contributed by atoms with E-state index in [2.05, 4.69) is 40.7 Å². The molecular formula is C39H41N9O6. The van der Waals surface area contributed by atoms with E-state index in [9.17, 15) is 28.8 Å². The summed E-state index contributed by atoms with van der Waals surface area (Å²) in [6.45, 7) is 6.02. The number of aromatic amines is 1. The number of anilines is 2. The van der Waals surface area contributed by atoms with Crippen molar-refractivity contribution in [1.82, 2.24) is 35.4 Å². The van der Waals surface area contributed by atoms with Gasteiger partial charge >= 0.3 is 0 Å². The maximum Gasteiger partial charge on any atom is 0.270 e. The molecule has 15 heteroatoms. The predicted molar refractivity (Wildman–Crippen MR) is 199 cm³/mol. The number of nitrogens with one attached hydrogen (secondary N) is 4. The smallest absolute Gasteiger partial charge is 0.270 e. The number of rotatable bonds is 9. The lowest BCUT2D eigenvalue weighted by Crippen LogP contribution is -2.58. The molecule has 0 bridgehead atoms. The van der Waals surface area contributed by atoms with E-state index >= 15 is 0 Å². The van der Waals surface area contributed by atoms with Crippen LogP contribution < -0.4 is 26.4 Å². The summed E-state index contributed by atoms with van der Waals surface area (Å²) in [5, 5.41) is 8.71. The predicted octanol–water partition coefficient (Wildman–Crippen LogP) is 1.91. The summed E-state index contributed by atoms with van der Waals surface area (Å²) in [6.07, 6.45) is 5.75. The SMILES string of the molecule is CCc1cc2ncc(CN3CCN(c4ccc(C(=O)NC5CC(Nc6cccc7c6CC(=O)N([C@H]6CCC(=O)NC6=O)C7=O)C5)nc4)CC3)cc2[nH]c1=O. The van der Waals surface area contributed by atoms with E-state index in [-0.39, 0.29) is 42.8 Å². The van der Waals surface area contributed by atoms with Crippen molar-refractivity contribution in [3.63, 3.8) is 0 Å². The number of hydrogen-bond acceptors (Lipinski definition) is 11. The molecule has 3 aromatic heterocycles. The Morgan fingerprint density at radius 1 is 0.944 bits per heavy atom. The second-order valence-electron chi connectivity index (χ2n) is 14.4. The third kappa shape index (κ3) is 6.94. The molecule has 0 unspecified atom stereocenters. The number of benzene rings is 1. The van der Waals surface area contributed by atoms with Gasteiger partial charge < -0.3 is 20.5 Å². The number of piperazine rings is 1. The number of pyridine rings is 3. The molecule has 54 heavy (non-hydrogen) atoms. The van der Waals surface area contributed by atoms with E-state index < -0.39 is 29.7 Å². The van der Waals surface area contributed by atoms with E-state index in [0.29, 0.717) is 41.8 Å². The van der Waals surface area contributed by atoms with Crippen LogP contribution in [0.2, 0.25) is 0 Å². The average Bonchev–Trinajstić information content (AvgIpc) is 3.15. The summed E-state index contributed by atoms with van der Waals surface area (Å²) >= 11 is 0. The Labute approximate surface area is 310 Å². The molecule has 0 spiro atoms. The van der Waals surface area contributed by atoms with Gasteiger partial charge in [0, 0.05) is 74.2 Å². The van der Waals surface area contributed by atoms with E-state index in [1.165, 1.54) is 0 Å². The Hall–Kier alpha value is -5.96. The van der Waals surface area contributed by atoms with Crippen LogP contribution >= 0.6 is 0 Å². The molecule has 15 nitrogen and oxygen atoms in total. The van der Waals surface area contributed by atoms with Crippen LogP contribution in [0.15, 0.2) is 59.7 Å². The maximum absolute atomic E-state index is 13.4. The van der Waals surface area contributed by atoms with Gasteiger partial charge in [0.05, 0.1) is 29.3 Å². The molecule has 4 N–H and O–H groups in total. The topological polar surface area (TPSA) is 190 Å². The Bertz CT molecular complexity index is 2220. The Balaban J connectivity index is 0.804. The van der Waals surface area contributed by atoms with Crippen molar-refractivity contribution in [3.05, 3.63) is 93.2 Å². The number of H-pyrrole nitrogens is 1. The minimum absolute atomic E-state index is 0.0321. The van der Waals surface area contributed by atoms with Crippen LogP contribution in [0.3, 0.4) is 0 Å². The Kier molecular flexibility index (Phi) is 9.40. The fraction of sp³-hybridized carbons (Fsp3) is 0.385.